The minimum atomic E-state index is 0.126. The molecule has 0 amide bonds. The van der Waals surface area contributed by atoms with E-state index in [0.717, 1.165) is 31.8 Å². The molecule has 3 nitrogen and oxygen atoms in total. The van der Waals surface area contributed by atoms with E-state index in [1.165, 1.54) is 5.56 Å². The second kappa shape index (κ2) is 6.71. The third kappa shape index (κ3) is 4.82. The molecule has 3 heteroatoms. The van der Waals surface area contributed by atoms with Crippen molar-refractivity contribution in [2.75, 3.05) is 0 Å². The number of imidazole rings is 1. The summed E-state index contributed by atoms with van der Waals surface area (Å²) in [5.41, 5.74) is 1.53. The van der Waals surface area contributed by atoms with Gasteiger partial charge in [-0.3, -0.25) is 0 Å². The molecule has 0 saturated heterocycles. The average molecular weight is 271 g/mol. The zero-order valence-corrected chi connectivity index (χ0v) is 12.8. The minimum Gasteiger partial charge on any atom is -0.334 e. The molecule has 0 aliphatic rings. The Kier molecular flexibility index (Phi) is 4.96. The predicted octanol–water partition coefficient (Wildman–Crippen LogP) is 3.40. The molecule has 108 valence electrons. The molecule has 2 aromatic rings. The molecule has 0 aliphatic heterocycles. The first kappa shape index (κ1) is 14.8. The number of aromatic nitrogens is 2. The lowest BCUT2D eigenvalue weighted by Gasteiger charge is -2.20. The van der Waals surface area contributed by atoms with Gasteiger partial charge in [0.25, 0.3) is 0 Å². The van der Waals surface area contributed by atoms with Crippen LogP contribution in [0.15, 0.2) is 42.7 Å². The smallest absolute Gasteiger partial charge is 0.122 e. The van der Waals surface area contributed by atoms with E-state index in [4.69, 9.17) is 0 Å². The van der Waals surface area contributed by atoms with E-state index >= 15 is 0 Å². The van der Waals surface area contributed by atoms with Gasteiger partial charge in [-0.1, -0.05) is 30.3 Å². The van der Waals surface area contributed by atoms with Crippen molar-refractivity contribution in [3.05, 3.63) is 54.1 Å². The van der Waals surface area contributed by atoms with Gasteiger partial charge in [0, 0.05) is 24.5 Å². The van der Waals surface area contributed by atoms with E-state index in [2.05, 4.69) is 72.2 Å². The summed E-state index contributed by atoms with van der Waals surface area (Å²) in [4.78, 5) is 4.45. The molecule has 2 rings (SSSR count). The fourth-order valence-corrected chi connectivity index (χ4v) is 2.15. The highest BCUT2D eigenvalue weighted by atomic mass is 15.1. The second-order valence-electron chi connectivity index (χ2n) is 6.23. The van der Waals surface area contributed by atoms with Gasteiger partial charge in [-0.05, 0) is 39.2 Å². The van der Waals surface area contributed by atoms with Crippen molar-refractivity contribution in [1.82, 2.24) is 14.9 Å². The van der Waals surface area contributed by atoms with Crippen LogP contribution in [0.1, 0.15) is 38.6 Å². The lowest BCUT2D eigenvalue weighted by Crippen LogP contribution is -2.35. The molecule has 0 bridgehead atoms. The van der Waals surface area contributed by atoms with Crippen molar-refractivity contribution < 1.29 is 0 Å². The molecule has 1 N–H and O–H groups in total. The van der Waals surface area contributed by atoms with E-state index in [9.17, 15) is 0 Å². The van der Waals surface area contributed by atoms with Gasteiger partial charge in [0.1, 0.15) is 5.82 Å². The van der Waals surface area contributed by atoms with Crippen LogP contribution in [-0.2, 0) is 19.5 Å². The average Bonchev–Trinajstić information content (AvgIpc) is 2.84. The molecule has 0 fully saturated rings. The van der Waals surface area contributed by atoms with Gasteiger partial charge in [-0.2, -0.15) is 0 Å². The molecule has 20 heavy (non-hydrogen) atoms. The molecule has 0 spiro atoms. The Balaban J connectivity index is 1.83. The van der Waals surface area contributed by atoms with E-state index in [-0.39, 0.29) is 5.54 Å². The molecule has 1 aromatic carbocycles. The summed E-state index contributed by atoms with van der Waals surface area (Å²) in [7, 11) is 0. The summed E-state index contributed by atoms with van der Waals surface area (Å²) >= 11 is 0. The van der Waals surface area contributed by atoms with E-state index in [1.807, 2.05) is 6.20 Å². The fourth-order valence-electron chi connectivity index (χ4n) is 2.15. The van der Waals surface area contributed by atoms with Crippen molar-refractivity contribution in [3.8, 4) is 0 Å². The molecule has 1 heterocycles. The summed E-state index contributed by atoms with van der Waals surface area (Å²) in [5, 5.41) is 3.49. The number of nitrogens with zero attached hydrogens (tertiary/aromatic N) is 2. The highest BCUT2D eigenvalue weighted by Gasteiger charge is 2.10. The van der Waals surface area contributed by atoms with Crippen molar-refractivity contribution in [2.24, 2.45) is 0 Å². The quantitative estimate of drug-likeness (QED) is 0.872. The molecule has 0 unspecified atom stereocenters. The van der Waals surface area contributed by atoms with Crippen molar-refractivity contribution in [1.29, 1.82) is 0 Å². The third-order valence-corrected chi connectivity index (χ3v) is 3.29. The molecule has 0 atom stereocenters. The standard InChI is InChI=1S/C17H25N3/c1-17(2,3)19-14-16-18-11-13-20(16)12-7-10-15-8-5-4-6-9-15/h4-6,8-9,11,13,19H,7,10,12,14H2,1-3H3. The normalized spacial score (nSPS) is 11.8. The third-order valence-electron chi connectivity index (χ3n) is 3.29. The van der Waals surface area contributed by atoms with Gasteiger partial charge in [-0.25, -0.2) is 4.98 Å². The maximum absolute atomic E-state index is 4.45. The number of aryl methyl sites for hydroxylation is 2. The summed E-state index contributed by atoms with van der Waals surface area (Å²) < 4.78 is 2.25. The van der Waals surface area contributed by atoms with E-state index in [0.29, 0.717) is 0 Å². The Labute approximate surface area is 122 Å². The predicted molar refractivity (Wildman–Crippen MR) is 83.6 cm³/mol. The van der Waals surface area contributed by atoms with Gasteiger partial charge in [0.15, 0.2) is 0 Å². The Hall–Kier alpha value is -1.61. The van der Waals surface area contributed by atoms with Crippen molar-refractivity contribution in [3.63, 3.8) is 0 Å². The maximum Gasteiger partial charge on any atom is 0.122 e. The molecule has 0 radical (unpaired) electrons. The highest BCUT2D eigenvalue weighted by molar-refractivity contribution is 5.14. The summed E-state index contributed by atoms with van der Waals surface area (Å²) in [5.74, 6) is 1.12. The molecular weight excluding hydrogens is 246 g/mol. The lowest BCUT2D eigenvalue weighted by atomic mass is 10.1. The van der Waals surface area contributed by atoms with Crippen LogP contribution in [0.5, 0.6) is 0 Å². The van der Waals surface area contributed by atoms with Crippen LogP contribution in [0.3, 0.4) is 0 Å². The number of rotatable bonds is 6. The summed E-state index contributed by atoms with van der Waals surface area (Å²) in [6.07, 6.45) is 6.22. The molecule has 0 aliphatic carbocycles. The lowest BCUT2D eigenvalue weighted by molar-refractivity contribution is 0.410. The van der Waals surface area contributed by atoms with Gasteiger partial charge in [-0.15, -0.1) is 0 Å². The number of hydrogen-bond acceptors (Lipinski definition) is 2. The van der Waals surface area contributed by atoms with Gasteiger partial charge in [0.05, 0.1) is 6.54 Å². The molecule has 1 aromatic heterocycles. The first-order chi connectivity index (χ1) is 9.54. The minimum absolute atomic E-state index is 0.126. The van der Waals surface area contributed by atoms with Crippen LogP contribution in [-0.4, -0.2) is 15.1 Å². The monoisotopic (exact) mass is 271 g/mol. The number of hydrogen-bond donors (Lipinski definition) is 1. The van der Waals surface area contributed by atoms with Crippen LogP contribution in [0.25, 0.3) is 0 Å². The zero-order chi connectivity index (χ0) is 14.4. The van der Waals surface area contributed by atoms with Crippen LogP contribution < -0.4 is 5.32 Å². The Bertz CT molecular complexity index is 509. The van der Waals surface area contributed by atoms with Crippen molar-refractivity contribution in [2.45, 2.75) is 52.2 Å². The van der Waals surface area contributed by atoms with Crippen LogP contribution in [0.2, 0.25) is 0 Å². The Morgan fingerprint density at radius 3 is 2.60 bits per heavy atom. The molecule has 0 saturated carbocycles. The number of benzene rings is 1. The Morgan fingerprint density at radius 1 is 1.15 bits per heavy atom. The maximum atomic E-state index is 4.45. The fraction of sp³-hybridized carbons (Fsp3) is 0.471. The first-order valence-electron chi connectivity index (χ1n) is 7.33. The SMILES string of the molecule is CC(C)(C)NCc1nccn1CCCc1ccccc1. The molecular formula is C17H25N3. The Morgan fingerprint density at radius 2 is 1.90 bits per heavy atom. The van der Waals surface area contributed by atoms with E-state index < -0.39 is 0 Å². The first-order valence-corrected chi connectivity index (χ1v) is 7.33. The summed E-state index contributed by atoms with van der Waals surface area (Å²) in [6, 6.07) is 10.7. The van der Waals surface area contributed by atoms with Gasteiger partial charge >= 0.3 is 0 Å². The van der Waals surface area contributed by atoms with E-state index in [1.54, 1.807) is 0 Å². The topological polar surface area (TPSA) is 29.9 Å². The van der Waals surface area contributed by atoms with Gasteiger partial charge < -0.3 is 9.88 Å². The number of nitrogens with one attached hydrogen (secondary N) is 1. The van der Waals surface area contributed by atoms with Gasteiger partial charge in [0.2, 0.25) is 0 Å². The largest absolute Gasteiger partial charge is 0.334 e. The second-order valence-corrected chi connectivity index (χ2v) is 6.23. The van der Waals surface area contributed by atoms with Crippen LogP contribution in [0.4, 0.5) is 0 Å². The summed E-state index contributed by atoms with van der Waals surface area (Å²) in [6.45, 7) is 8.37. The van der Waals surface area contributed by atoms with Crippen LogP contribution >= 0.6 is 0 Å². The highest BCUT2D eigenvalue weighted by Crippen LogP contribution is 2.07. The van der Waals surface area contributed by atoms with Crippen LogP contribution in [0, 0.1) is 0 Å². The zero-order valence-electron chi connectivity index (χ0n) is 12.8. The van der Waals surface area contributed by atoms with Crippen molar-refractivity contribution >= 4 is 0 Å².